The molecule has 0 spiro atoms. The summed E-state index contributed by atoms with van der Waals surface area (Å²) in [5.74, 6) is 0.263. The third kappa shape index (κ3) is 2.99. The summed E-state index contributed by atoms with van der Waals surface area (Å²) in [5.41, 5.74) is 0.689. The maximum absolute atomic E-state index is 13.4. The van der Waals surface area contributed by atoms with Gasteiger partial charge in [0.05, 0.1) is 18.8 Å². The number of anilines is 1. The number of nitrogens with one attached hydrogen (secondary N) is 1. The number of primary sulfonamides is 1. The first-order valence-electron chi connectivity index (χ1n) is 6.11. The quantitative estimate of drug-likeness (QED) is 0.896. The second-order valence-corrected chi connectivity index (χ2v) is 7.36. The van der Waals surface area contributed by atoms with Crippen molar-refractivity contribution in [3.8, 4) is 5.75 Å². The number of rotatable bonds is 3. The molecule has 1 aliphatic heterocycles. The van der Waals surface area contributed by atoms with Gasteiger partial charge in [-0.1, -0.05) is 11.3 Å². The molecule has 21 heavy (non-hydrogen) atoms. The van der Waals surface area contributed by atoms with Crippen molar-refractivity contribution < 1.29 is 17.5 Å². The van der Waals surface area contributed by atoms with Crippen LogP contribution in [0.15, 0.2) is 28.6 Å². The fourth-order valence-electron chi connectivity index (χ4n) is 2.12. The topological polar surface area (TPSA) is 94.3 Å². The lowest BCUT2D eigenvalue weighted by Gasteiger charge is -2.26. The molecular formula is C12H12FN3O3S2. The number of ether oxygens (including phenoxy) is 1. The van der Waals surface area contributed by atoms with Crippen LogP contribution >= 0.6 is 11.3 Å². The molecule has 2 heterocycles. The summed E-state index contributed by atoms with van der Waals surface area (Å²) >= 11 is 0.943. The molecule has 1 atom stereocenters. The van der Waals surface area contributed by atoms with Crippen molar-refractivity contribution in [1.29, 1.82) is 0 Å². The summed E-state index contributed by atoms with van der Waals surface area (Å²) in [7, 11) is -3.76. The van der Waals surface area contributed by atoms with Gasteiger partial charge in [-0.3, -0.25) is 0 Å². The molecule has 0 bridgehead atoms. The van der Waals surface area contributed by atoms with Crippen LogP contribution in [0.25, 0.3) is 0 Å². The highest BCUT2D eigenvalue weighted by Gasteiger charge is 2.23. The molecule has 0 radical (unpaired) electrons. The largest absolute Gasteiger partial charge is 0.493 e. The van der Waals surface area contributed by atoms with Crippen molar-refractivity contribution in [3.05, 3.63) is 35.8 Å². The highest BCUT2D eigenvalue weighted by molar-refractivity contribution is 7.91. The van der Waals surface area contributed by atoms with Crippen LogP contribution in [0.1, 0.15) is 18.0 Å². The Labute approximate surface area is 124 Å². The minimum atomic E-state index is -3.76. The van der Waals surface area contributed by atoms with Crippen molar-refractivity contribution in [2.75, 3.05) is 11.9 Å². The molecule has 1 aromatic carbocycles. The van der Waals surface area contributed by atoms with Crippen LogP contribution < -0.4 is 15.2 Å². The molecule has 0 fully saturated rings. The minimum absolute atomic E-state index is 0.0171. The normalized spacial score (nSPS) is 17.9. The molecule has 3 N–H and O–H groups in total. The Morgan fingerprint density at radius 3 is 3.00 bits per heavy atom. The molecule has 0 saturated carbocycles. The van der Waals surface area contributed by atoms with Gasteiger partial charge in [0.2, 0.25) is 10.0 Å². The van der Waals surface area contributed by atoms with Crippen LogP contribution in [-0.2, 0) is 10.0 Å². The Morgan fingerprint density at radius 1 is 1.48 bits per heavy atom. The molecule has 9 heteroatoms. The third-order valence-electron chi connectivity index (χ3n) is 3.07. The zero-order valence-corrected chi connectivity index (χ0v) is 12.4. The number of hydrogen-bond donors (Lipinski definition) is 2. The van der Waals surface area contributed by atoms with E-state index in [0.717, 1.165) is 11.3 Å². The van der Waals surface area contributed by atoms with Gasteiger partial charge >= 0.3 is 0 Å². The molecule has 3 rings (SSSR count). The monoisotopic (exact) mass is 329 g/mol. The lowest BCUT2D eigenvalue weighted by Crippen LogP contribution is -2.20. The van der Waals surface area contributed by atoms with E-state index in [4.69, 9.17) is 9.88 Å². The smallest absolute Gasteiger partial charge is 0.249 e. The van der Waals surface area contributed by atoms with Crippen molar-refractivity contribution in [3.63, 3.8) is 0 Å². The summed E-state index contributed by atoms with van der Waals surface area (Å²) in [4.78, 5) is 3.99. The first-order chi connectivity index (χ1) is 9.93. The molecule has 112 valence electrons. The molecule has 1 aliphatic rings. The lowest BCUT2D eigenvalue weighted by atomic mass is 10.0. The Kier molecular flexibility index (Phi) is 3.56. The number of benzene rings is 1. The van der Waals surface area contributed by atoms with Gasteiger partial charge < -0.3 is 10.1 Å². The first-order valence-corrected chi connectivity index (χ1v) is 8.47. The molecule has 6 nitrogen and oxygen atoms in total. The molecule has 1 aromatic heterocycles. The van der Waals surface area contributed by atoms with Gasteiger partial charge in [0.1, 0.15) is 11.6 Å². The van der Waals surface area contributed by atoms with Crippen LogP contribution in [0.2, 0.25) is 0 Å². The van der Waals surface area contributed by atoms with Crippen molar-refractivity contribution in [2.45, 2.75) is 16.7 Å². The Morgan fingerprint density at radius 2 is 2.29 bits per heavy atom. The number of thiazole rings is 1. The van der Waals surface area contributed by atoms with E-state index in [1.165, 1.54) is 18.3 Å². The van der Waals surface area contributed by atoms with E-state index in [1.807, 2.05) is 0 Å². The average Bonchev–Trinajstić information content (AvgIpc) is 2.88. The zero-order chi connectivity index (χ0) is 15.0. The number of nitrogens with zero attached hydrogens (tertiary/aromatic N) is 1. The van der Waals surface area contributed by atoms with Gasteiger partial charge in [-0.05, 0) is 18.2 Å². The molecule has 2 aromatic rings. The number of nitrogens with two attached hydrogens (primary N) is 1. The van der Waals surface area contributed by atoms with Crippen LogP contribution in [0, 0.1) is 5.82 Å². The van der Waals surface area contributed by atoms with Gasteiger partial charge in [-0.15, -0.1) is 0 Å². The third-order valence-corrected chi connectivity index (χ3v) is 5.41. The van der Waals surface area contributed by atoms with E-state index >= 15 is 0 Å². The van der Waals surface area contributed by atoms with Crippen molar-refractivity contribution >= 4 is 26.5 Å². The average molecular weight is 329 g/mol. The maximum Gasteiger partial charge on any atom is 0.249 e. The van der Waals surface area contributed by atoms with Gasteiger partial charge in [-0.25, -0.2) is 22.9 Å². The van der Waals surface area contributed by atoms with Gasteiger partial charge in [0.15, 0.2) is 9.34 Å². The summed E-state index contributed by atoms with van der Waals surface area (Å²) in [6.45, 7) is 0.490. The second kappa shape index (κ2) is 5.24. The number of aromatic nitrogens is 1. The number of fused-ring (bicyclic) bond motifs is 1. The fourth-order valence-corrected chi connectivity index (χ4v) is 3.63. The van der Waals surface area contributed by atoms with E-state index in [9.17, 15) is 12.8 Å². The zero-order valence-electron chi connectivity index (χ0n) is 10.7. The van der Waals surface area contributed by atoms with Crippen LogP contribution in [0.3, 0.4) is 0 Å². The van der Waals surface area contributed by atoms with Crippen LogP contribution in [-0.4, -0.2) is 20.0 Å². The van der Waals surface area contributed by atoms with E-state index < -0.39 is 10.0 Å². The standard InChI is InChI=1S/C12H12FN3O3S2/c13-7-1-2-10-8(5-7)9(3-4-19-10)16-12-15-6-11(20-12)21(14,17)18/h1-2,5-6,9H,3-4H2,(H,15,16)(H2,14,17,18). The number of sulfonamides is 1. The first kappa shape index (κ1) is 14.2. The highest BCUT2D eigenvalue weighted by Crippen LogP contribution is 2.35. The summed E-state index contributed by atoms with van der Waals surface area (Å²) in [5, 5.41) is 8.56. The lowest BCUT2D eigenvalue weighted by molar-refractivity contribution is 0.273. The molecule has 0 aliphatic carbocycles. The molecular weight excluding hydrogens is 317 g/mol. The van der Waals surface area contributed by atoms with Crippen molar-refractivity contribution in [1.82, 2.24) is 4.98 Å². The highest BCUT2D eigenvalue weighted by atomic mass is 32.2. The maximum atomic E-state index is 13.4. The molecule has 0 saturated heterocycles. The van der Waals surface area contributed by atoms with E-state index in [-0.39, 0.29) is 16.1 Å². The number of halogens is 1. The minimum Gasteiger partial charge on any atom is -0.493 e. The van der Waals surface area contributed by atoms with Gasteiger partial charge in [0, 0.05) is 12.0 Å². The van der Waals surface area contributed by atoms with E-state index in [1.54, 1.807) is 6.07 Å². The van der Waals surface area contributed by atoms with Gasteiger partial charge in [-0.2, -0.15) is 0 Å². The van der Waals surface area contributed by atoms with Crippen molar-refractivity contribution in [2.24, 2.45) is 5.14 Å². The molecule has 1 unspecified atom stereocenters. The summed E-state index contributed by atoms with van der Waals surface area (Å²) < 4.78 is 41.3. The SMILES string of the molecule is NS(=O)(=O)c1cnc(NC2CCOc3ccc(F)cc32)s1. The Bertz CT molecular complexity index is 776. The van der Waals surface area contributed by atoms with E-state index in [2.05, 4.69) is 10.3 Å². The van der Waals surface area contributed by atoms with Gasteiger partial charge in [0.25, 0.3) is 0 Å². The Balaban J connectivity index is 1.87. The Hall–Kier alpha value is -1.71. The predicted octanol–water partition coefficient (Wildman–Crippen LogP) is 1.87. The van der Waals surface area contributed by atoms with Crippen LogP contribution in [0.4, 0.5) is 9.52 Å². The second-order valence-electron chi connectivity index (χ2n) is 4.55. The number of hydrogen-bond acceptors (Lipinski definition) is 6. The summed E-state index contributed by atoms with van der Waals surface area (Å²) in [6, 6.07) is 4.13. The summed E-state index contributed by atoms with van der Waals surface area (Å²) in [6.07, 6.45) is 1.83. The predicted molar refractivity (Wildman–Crippen MR) is 76.4 cm³/mol. The van der Waals surface area contributed by atoms with E-state index in [0.29, 0.717) is 29.5 Å². The fraction of sp³-hybridized carbons (Fsp3) is 0.250. The van der Waals surface area contributed by atoms with Crippen LogP contribution in [0.5, 0.6) is 5.75 Å². The molecule has 0 amide bonds.